The SMILES string of the molecule is O=C(Nc1ccc(Cc2nc(Cl)cc(N3CCC(O)C3)n2)cc1)c1ccc2ccccc2c1. The van der Waals surface area contributed by atoms with E-state index in [9.17, 15) is 9.90 Å². The molecule has 1 amide bonds. The third-order valence-electron chi connectivity index (χ3n) is 5.80. The average Bonchev–Trinajstić information content (AvgIpc) is 3.26. The smallest absolute Gasteiger partial charge is 0.255 e. The van der Waals surface area contributed by atoms with Crippen molar-refractivity contribution in [2.24, 2.45) is 0 Å². The number of benzene rings is 3. The lowest BCUT2D eigenvalue weighted by Crippen LogP contribution is -2.22. The molecule has 0 saturated carbocycles. The third kappa shape index (κ3) is 4.97. The van der Waals surface area contributed by atoms with Crippen LogP contribution < -0.4 is 10.2 Å². The lowest BCUT2D eigenvalue weighted by atomic mass is 10.1. The zero-order valence-corrected chi connectivity index (χ0v) is 18.7. The van der Waals surface area contributed by atoms with E-state index in [4.69, 9.17) is 11.6 Å². The van der Waals surface area contributed by atoms with Gasteiger partial charge in [0.15, 0.2) is 0 Å². The van der Waals surface area contributed by atoms with Crippen LogP contribution >= 0.6 is 11.6 Å². The van der Waals surface area contributed by atoms with Crippen molar-refractivity contribution >= 4 is 39.8 Å². The highest BCUT2D eigenvalue weighted by Crippen LogP contribution is 2.23. The molecule has 0 spiro atoms. The molecular weight excluding hydrogens is 436 g/mol. The van der Waals surface area contributed by atoms with Gasteiger partial charge in [-0.3, -0.25) is 4.79 Å². The molecule has 1 saturated heterocycles. The number of aliphatic hydroxyl groups is 1. The van der Waals surface area contributed by atoms with Crippen LogP contribution in [0.5, 0.6) is 0 Å². The van der Waals surface area contributed by atoms with Crippen molar-refractivity contribution in [2.45, 2.75) is 18.9 Å². The maximum Gasteiger partial charge on any atom is 0.255 e. The molecule has 2 N–H and O–H groups in total. The molecule has 1 aliphatic heterocycles. The number of carbonyl (C=O) groups is 1. The molecule has 3 aromatic carbocycles. The first-order valence-corrected chi connectivity index (χ1v) is 11.3. The number of rotatable bonds is 5. The maximum absolute atomic E-state index is 12.7. The first-order chi connectivity index (χ1) is 16.0. The van der Waals surface area contributed by atoms with Crippen molar-refractivity contribution in [1.29, 1.82) is 0 Å². The van der Waals surface area contributed by atoms with Gasteiger partial charge in [0.2, 0.25) is 0 Å². The molecule has 1 fully saturated rings. The minimum Gasteiger partial charge on any atom is -0.391 e. The van der Waals surface area contributed by atoms with Crippen LogP contribution in [0.15, 0.2) is 72.8 Å². The van der Waals surface area contributed by atoms with Crippen LogP contribution in [0.1, 0.15) is 28.2 Å². The summed E-state index contributed by atoms with van der Waals surface area (Å²) >= 11 is 6.22. The topological polar surface area (TPSA) is 78.4 Å². The van der Waals surface area contributed by atoms with E-state index in [1.54, 1.807) is 6.07 Å². The summed E-state index contributed by atoms with van der Waals surface area (Å²) in [4.78, 5) is 23.7. The highest BCUT2D eigenvalue weighted by Gasteiger charge is 2.22. The van der Waals surface area contributed by atoms with Gasteiger partial charge in [-0.1, -0.05) is 54.1 Å². The quantitative estimate of drug-likeness (QED) is 0.424. The van der Waals surface area contributed by atoms with Crippen molar-refractivity contribution in [3.63, 3.8) is 0 Å². The second-order valence-electron chi connectivity index (χ2n) is 8.24. The van der Waals surface area contributed by atoms with E-state index in [2.05, 4.69) is 15.3 Å². The fourth-order valence-corrected chi connectivity index (χ4v) is 4.26. The van der Waals surface area contributed by atoms with Crippen LogP contribution in [-0.4, -0.2) is 40.2 Å². The standard InChI is InChI=1S/C26H23ClN4O2/c27-23-15-25(31-12-11-22(32)16-31)30-24(29-23)13-17-5-9-21(10-6-17)28-26(33)20-8-7-18-3-1-2-4-19(18)14-20/h1-10,14-15,22,32H,11-13,16H2,(H,28,33). The number of carbonyl (C=O) groups excluding carboxylic acids is 1. The van der Waals surface area contributed by atoms with Crippen molar-refractivity contribution in [3.05, 3.63) is 94.9 Å². The Hall–Kier alpha value is -3.48. The second-order valence-corrected chi connectivity index (χ2v) is 8.63. The average molecular weight is 459 g/mol. The molecule has 6 nitrogen and oxygen atoms in total. The van der Waals surface area contributed by atoms with E-state index in [1.165, 1.54) is 0 Å². The molecule has 0 bridgehead atoms. The minimum atomic E-state index is -0.334. The van der Waals surface area contributed by atoms with Crippen LogP contribution in [0.2, 0.25) is 5.15 Å². The number of halogens is 1. The number of anilines is 2. The van der Waals surface area contributed by atoms with E-state index < -0.39 is 0 Å². The van der Waals surface area contributed by atoms with E-state index in [0.717, 1.165) is 40.8 Å². The normalized spacial score (nSPS) is 15.7. The number of hydrogen-bond donors (Lipinski definition) is 2. The van der Waals surface area contributed by atoms with Crippen LogP contribution in [0.3, 0.4) is 0 Å². The highest BCUT2D eigenvalue weighted by atomic mass is 35.5. The minimum absolute atomic E-state index is 0.149. The summed E-state index contributed by atoms with van der Waals surface area (Å²) in [5.74, 6) is 1.21. The van der Waals surface area contributed by atoms with Crippen molar-refractivity contribution in [2.75, 3.05) is 23.3 Å². The third-order valence-corrected chi connectivity index (χ3v) is 5.99. The molecule has 0 radical (unpaired) electrons. The van der Waals surface area contributed by atoms with Gasteiger partial charge in [-0.15, -0.1) is 0 Å². The molecule has 2 heterocycles. The lowest BCUT2D eigenvalue weighted by molar-refractivity contribution is 0.102. The molecule has 0 aliphatic carbocycles. The Morgan fingerprint density at radius 1 is 1.03 bits per heavy atom. The molecule has 1 aliphatic rings. The fourth-order valence-electron chi connectivity index (χ4n) is 4.06. The summed E-state index contributed by atoms with van der Waals surface area (Å²) in [6.45, 7) is 1.30. The summed E-state index contributed by atoms with van der Waals surface area (Å²) in [6.07, 6.45) is 0.909. The summed E-state index contributed by atoms with van der Waals surface area (Å²) in [6, 6.07) is 23.0. The Bertz CT molecular complexity index is 1310. The highest BCUT2D eigenvalue weighted by molar-refractivity contribution is 6.29. The van der Waals surface area contributed by atoms with Gasteiger partial charge in [0, 0.05) is 36.8 Å². The summed E-state index contributed by atoms with van der Waals surface area (Å²) < 4.78 is 0. The zero-order valence-electron chi connectivity index (χ0n) is 17.9. The fraction of sp³-hybridized carbons (Fsp3) is 0.192. The van der Waals surface area contributed by atoms with E-state index in [1.807, 2.05) is 71.6 Å². The van der Waals surface area contributed by atoms with Gasteiger partial charge in [0.25, 0.3) is 5.91 Å². The predicted molar refractivity (Wildman–Crippen MR) is 131 cm³/mol. The van der Waals surface area contributed by atoms with E-state index in [-0.39, 0.29) is 12.0 Å². The summed E-state index contributed by atoms with van der Waals surface area (Å²) in [7, 11) is 0. The van der Waals surface area contributed by atoms with Gasteiger partial charge >= 0.3 is 0 Å². The molecule has 1 aromatic heterocycles. The second kappa shape index (κ2) is 9.17. The number of nitrogens with one attached hydrogen (secondary N) is 1. The van der Waals surface area contributed by atoms with Crippen LogP contribution in [0.25, 0.3) is 10.8 Å². The molecule has 166 valence electrons. The monoisotopic (exact) mass is 458 g/mol. The van der Waals surface area contributed by atoms with Gasteiger partial charge in [-0.05, 0) is 47.0 Å². The number of fused-ring (bicyclic) bond motifs is 1. The number of hydrogen-bond acceptors (Lipinski definition) is 5. The molecule has 33 heavy (non-hydrogen) atoms. The number of aromatic nitrogens is 2. The van der Waals surface area contributed by atoms with Gasteiger partial charge in [0.05, 0.1) is 6.10 Å². The number of nitrogens with zero attached hydrogens (tertiary/aromatic N) is 3. The van der Waals surface area contributed by atoms with E-state index >= 15 is 0 Å². The zero-order chi connectivity index (χ0) is 22.8. The first-order valence-electron chi connectivity index (χ1n) is 10.9. The van der Waals surface area contributed by atoms with Crippen molar-refractivity contribution in [3.8, 4) is 0 Å². The molecule has 1 atom stereocenters. The largest absolute Gasteiger partial charge is 0.391 e. The molecule has 7 heteroatoms. The summed E-state index contributed by atoms with van der Waals surface area (Å²) in [5.41, 5.74) is 2.34. The van der Waals surface area contributed by atoms with Crippen LogP contribution in [0, 0.1) is 0 Å². The van der Waals surface area contributed by atoms with Gasteiger partial charge in [0.1, 0.15) is 16.8 Å². The van der Waals surface area contributed by atoms with Gasteiger partial charge in [-0.2, -0.15) is 0 Å². The Morgan fingerprint density at radius 3 is 2.58 bits per heavy atom. The van der Waals surface area contributed by atoms with Crippen LogP contribution in [-0.2, 0) is 6.42 Å². The van der Waals surface area contributed by atoms with Gasteiger partial charge < -0.3 is 15.3 Å². The van der Waals surface area contributed by atoms with Gasteiger partial charge in [-0.25, -0.2) is 9.97 Å². The predicted octanol–water partition coefficient (Wildman–Crippen LogP) is 4.70. The van der Waals surface area contributed by atoms with Crippen molar-refractivity contribution < 1.29 is 9.90 Å². The Labute approximate surface area is 196 Å². The lowest BCUT2D eigenvalue weighted by Gasteiger charge is -2.17. The number of aliphatic hydroxyl groups excluding tert-OH is 1. The van der Waals surface area contributed by atoms with Crippen LogP contribution in [0.4, 0.5) is 11.5 Å². The molecule has 1 unspecified atom stereocenters. The number of β-amino-alcohol motifs (C(OH)–C–C–N with tert-alkyl or cyclic N) is 1. The van der Waals surface area contributed by atoms with Crippen molar-refractivity contribution in [1.82, 2.24) is 9.97 Å². The first kappa shape index (κ1) is 21.4. The maximum atomic E-state index is 12.7. The Morgan fingerprint density at radius 2 is 1.82 bits per heavy atom. The summed E-state index contributed by atoms with van der Waals surface area (Å²) in [5, 5.41) is 15.3. The Balaban J connectivity index is 1.27. The molecular formula is C26H23ClN4O2. The molecule has 5 rings (SSSR count). The van der Waals surface area contributed by atoms with E-state index in [0.29, 0.717) is 29.5 Å². The molecule has 4 aromatic rings. The number of amides is 1. The Kier molecular flexibility index (Phi) is 5.94.